The third kappa shape index (κ3) is 4.34. The third-order valence-corrected chi connectivity index (χ3v) is 9.76. The number of aromatic nitrogens is 4. The van der Waals surface area contributed by atoms with Crippen LogP contribution in [0.5, 0.6) is 11.5 Å². The molecule has 0 fully saturated rings. The molecule has 4 aromatic heterocycles. The molecule has 8 aromatic rings. The van der Waals surface area contributed by atoms with Gasteiger partial charge in [-0.1, -0.05) is 45.0 Å². The molecule has 0 amide bonds. The SMILES string of the molecule is CN1CN(c2cccc(Oc3ccc4c5ccccc5n(-c5cc(C(C)(C)C)ccn5)c4c3)c2)c2cc3c(cc21)c1cccnc1n3C. The number of nitrogens with zero attached hydrogens (tertiary/aromatic N) is 6. The number of hydrogen-bond acceptors (Lipinski definition) is 5. The first kappa shape index (κ1) is 28.4. The number of anilines is 3. The van der Waals surface area contributed by atoms with Crippen molar-refractivity contribution in [2.75, 3.05) is 23.5 Å². The summed E-state index contributed by atoms with van der Waals surface area (Å²) in [5, 5.41) is 4.75. The molecule has 9 rings (SSSR count). The first-order chi connectivity index (χ1) is 23.2. The third-order valence-electron chi connectivity index (χ3n) is 9.76. The van der Waals surface area contributed by atoms with E-state index in [9.17, 15) is 0 Å². The van der Waals surface area contributed by atoms with Crippen molar-refractivity contribution in [3.8, 4) is 17.3 Å². The van der Waals surface area contributed by atoms with Gasteiger partial charge >= 0.3 is 0 Å². The van der Waals surface area contributed by atoms with E-state index in [4.69, 9.17) is 9.72 Å². The van der Waals surface area contributed by atoms with Crippen LogP contribution in [0, 0.1) is 0 Å². The molecular weight excluding hydrogens is 592 g/mol. The minimum Gasteiger partial charge on any atom is -0.457 e. The number of pyridine rings is 2. The molecular formula is C41H36N6O. The van der Waals surface area contributed by atoms with Crippen molar-refractivity contribution in [2.45, 2.75) is 26.2 Å². The highest BCUT2D eigenvalue weighted by molar-refractivity contribution is 6.11. The van der Waals surface area contributed by atoms with Gasteiger partial charge in [0.05, 0.1) is 34.6 Å². The van der Waals surface area contributed by atoms with Gasteiger partial charge in [-0.05, 0) is 77.7 Å². The highest BCUT2D eigenvalue weighted by atomic mass is 16.5. The monoisotopic (exact) mass is 628 g/mol. The molecule has 0 unspecified atom stereocenters. The maximum Gasteiger partial charge on any atom is 0.140 e. The van der Waals surface area contributed by atoms with E-state index in [1.165, 1.54) is 44.0 Å². The molecule has 0 spiro atoms. The summed E-state index contributed by atoms with van der Waals surface area (Å²) < 4.78 is 11.0. The zero-order chi connectivity index (χ0) is 32.7. The van der Waals surface area contributed by atoms with E-state index < -0.39 is 0 Å². The predicted molar refractivity (Wildman–Crippen MR) is 197 cm³/mol. The molecule has 0 aliphatic carbocycles. The van der Waals surface area contributed by atoms with Gasteiger partial charge < -0.3 is 19.1 Å². The van der Waals surface area contributed by atoms with Crippen molar-refractivity contribution in [1.82, 2.24) is 19.1 Å². The Morgan fingerprint density at radius 2 is 1.44 bits per heavy atom. The quantitative estimate of drug-likeness (QED) is 0.194. The van der Waals surface area contributed by atoms with Crippen LogP contribution in [0.25, 0.3) is 49.6 Å². The summed E-state index contributed by atoms with van der Waals surface area (Å²) in [6.45, 7) is 7.45. The molecule has 0 radical (unpaired) electrons. The highest BCUT2D eigenvalue weighted by Crippen LogP contribution is 2.45. The maximum atomic E-state index is 6.61. The van der Waals surface area contributed by atoms with Gasteiger partial charge in [-0.2, -0.15) is 0 Å². The Morgan fingerprint density at radius 1 is 0.625 bits per heavy atom. The average molecular weight is 629 g/mol. The van der Waals surface area contributed by atoms with Crippen LogP contribution in [0.4, 0.5) is 17.1 Å². The summed E-state index contributed by atoms with van der Waals surface area (Å²) in [4.78, 5) is 14.1. The van der Waals surface area contributed by atoms with E-state index in [0.29, 0.717) is 0 Å². The van der Waals surface area contributed by atoms with Crippen LogP contribution in [0.3, 0.4) is 0 Å². The lowest BCUT2D eigenvalue weighted by Crippen LogP contribution is -2.23. The molecule has 4 aromatic carbocycles. The first-order valence-corrected chi connectivity index (χ1v) is 16.4. The van der Waals surface area contributed by atoms with Gasteiger partial charge in [0.15, 0.2) is 0 Å². The Morgan fingerprint density at radius 3 is 2.31 bits per heavy atom. The summed E-state index contributed by atoms with van der Waals surface area (Å²) in [5.41, 5.74) is 9.05. The molecule has 7 heteroatoms. The second-order valence-electron chi connectivity index (χ2n) is 13.8. The lowest BCUT2D eigenvalue weighted by Gasteiger charge is -2.20. The lowest BCUT2D eigenvalue weighted by molar-refractivity contribution is 0.483. The fraction of sp³-hybridized carbons (Fsp3) is 0.171. The second kappa shape index (κ2) is 10.3. The Labute approximate surface area is 279 Å². The van der Waals surface area contributed by atoms with Crippen molar-refractivity contribution < 1.29 is 4.74 Å². The molecule has 0 atom stereocenters. The lowest BCUT2D eigenvalue weighted by atomic mass is 9.88. The smallest absolute Gasteiger partial charge is 0.140 e. The van der Waals surface area contributed by atoms with Crippen LogP contribution < -0.4 is 14.5 Å². The molecule has 5 heterocycles. The Balaban J connectivity index is 1.10. The van der Waals surface area contributed by atoms with E-state index in [0.717, 1.165) is 46.4 Å². The molecule has 1 aliphatic heterocycles. The van der Waals surface area contributed by atoms with Gasteiger partial charge in [0.2, 0.25) is 0 Å². The summed E-state index contributed by atoms with van der Waals surface area (Å²) in [7, 11) is 4.24. The van der Waals surface area contributed by atoms with E-state index in [2.05, 4.69) is 150 Å². The Hall–Kier alpha value is -5.82. The number of aryl methyl sites for hydroxylation is 1. The molecule has 48 heavy (non-hydrogen) atoms. The van der Waals surface area contributed by atoms with Crippen LogP contribution in [0.1, 0.15) is 26.3 Å². The molecule has 236 valence electrons. The predicted octanol–water partition coefficient (Wildman–Crippen LogP) is 9.85. The first-order valence-electron chi connectivity index (χ1n) is 16.4. The minimum absolute atomic E-state index is 0.0125. The minimum atomic E-state index is 0.0125. The van der Waals surface area contributed by atoms with Gasteiger partial charge in [0.1, 0.15) is 23.0 Å². The summed E-state index contributed by atoms with van der Waals surface area (Å²) in [5.74, 6) is 2.47. The van der Waals surface area contributed by atoms with Crippen molar-refractivity contribution in [3.63, 3.8) is 0 Å². The van der Waals surface area contributed by atoms with Crippen LogP contribution in [-0.4, -0.2) is 32.8 Å². The Kier molecular flexibility index (Phi) is 6.12. The molecule has 0 saturated carbocycles. The number of para-hydroxylation sites is 1. The zero-order valence-electron chi connectivity index (χ0n) is 27.8. The molecule has 1 aliphatic rings. The molecule has 0 bridgehead atoms. The zero-order valence-corrected chi connectivity index (χ0v) is 27.8. The van der Waals surface area contributed by atoms with Crippen molar-refractivity contribution in [2.24, 2.45) is 7.05 Å². The van der Waals surface area contributed by atoms with E-state index in [1.807, 2.05) is 24.5 Å². The van der Waals surface area contributed by atoms with Gasteiger partial charge in [-0.15, -0.1) is 0 Å². The fourth-order valence-electron chi connectivity index (χ4n) is 7.27. The number of rotatable bonds is 4. The van der Waals surface area contributed by atoms with Crippen LogP contribution >= 0.6 is 0 Å². The second-order valence-corrected chi connectivity index (χ2v) is 13.8. The normalized spacial score (nSPS) is 13.4. The summed E-state index contributed by atoms with van der Waals surface area (Å²) in [6, 6.07) is 36.3. The van der Waals surface area contributed by atoms with E-state index >= 15 is 0 Å². The topological polar surface area (TPSA) is 51.4 Å². The molecule has 7 nitrogen and oxygen atoms in total. The largest absolute Gasteiger partial charge is 0.457 e. The number of benzene rings is 4. The summed E-state index contributed by atoms with van der Waals surface area (Å²) in [6.07, 6.45) is 3.77. The van der Waals surface area contributed by atoms with Gasteiger partial charge in [0.25, 0.3) is 0 Å². The van der Waals surface area contributed by atoms with E-state index in [1.54, 1.807) is 0 Å². The van der Waals surface area contributed by atoms with Gasteiger partial charge in [-0.3, -0.25) is 4.57 Å². The van der Waals surface area contributed by atoms with Crippen LogP contribution in [0.15, 0.2) is 116 Å². The highest BCUT2D eigenvalue weighted by Gasteiger charge is 2.27. The van der Waals surface area contributed by atoms with Gasteiger partial charge in [0, 0.05) is 65.9 Å². The van der Waals surface area contributed by atoms with Crippen molar-refractivity contribution >= 4 is 60.8 Å². The standard InChI is InChI=1S/C41H36N6O/c1-41(2,3)26-17-19-42-39(20-26)47-34-14-7-6-12-30(34)31-16-15-29(22-36(31)47)48-28-11-8-10-27(21-28)46-25-44(4)37-23-33-32-13-9-18-43-40(32)45(5)35(33)24-38(37)46/h6-24H,25H2,1-5H3. The number of ether oxygens (including phenoxy) is 1. The number of fused-ring (bicyclic) bond motifs is 7. The van der Waals surface area contributed by atoms with E-state index in [-0.39, 0.29) is 5.41 Å². The van der Waals surface area contributed by atoms with Crippen LogP contribution in [-0.2, 0) is 12.5 Å². The molecule has 0 saturated heterocycles. The Bertz CT molecular complexity index is 2550. The van der Waals surface area contributed by atoms with Crippen LogP contribution in [0.2, 0.25) is 0 Å². The number of hydrogen-bond donors (Lipinski definition) is 0. The fourth-order valence-corrected chi connectivity index (χ4v) is 7.27. The van der Waals surface area contributed by atoms with Crippen molar-refractivity contribution in [3.05, 3.63) is 121 Å². The maximum absolute atomic E-state index is 6.61. The molecule has 0 N–H and O–H groups in total. The van der Waals surface area contributed by atoms with Crippen molar-refractivity contribution in [1.29, 1.82) is 0 Å². The summed E-state index contributed by atoms with van der Waals surface area (Å²) >= 11 is 0. The average Bonchev–Trinajstić information content (AvgIpc) is 3.70. The van der Waals surface area contributed by atoms with Gasteiger partial charge in [-0.25, -0.2) is 9.97 Å².